The molecule has 1 heterocycles. The van der Waals surface area contributed by atoms with E-state index < -0.39 is 8.80 Å². The maximum atomic E-state index is 2.32. The largest absolute Gasteiger partial charge is 0.134 e. The van der Waals surface area contributed by atoms with Gasteiger partial charge in [-0.15, -0.1) is 0 Å². The van der Waals surface area contributed by atoms with Crippen LogP contribution in [0.5, 0.6) is 0 Å². The van der Waals surface area contributed by atoms with Crippen molar-refractivity contribution in [3.63, 3.8) is 0 Å². The van der Waals surface area contributed by atoms with Crippen LogP contribution in [0.2, 0.25) is 0 Å². The van der Waals surface area contributed by atoms with Gasteiger partial charge in [0.25, 0.3) is 0 Å². The maximum Gasteiger partial charge on any atom is 0.134 e. The van der Waals surface area contributed by atoms with E-state index >= 15 is 0 Å². The van der Waals surface area contributed by atoms with Crippen LogP contribution in [0.15, 0.2) is 78.9 Å². The number of benzene rings is 3. The highest BCUT2D eigenvalue weighted by Crippen LogP contribution is 2.22. The minimum Gasteiger partial charge on any atom is -0.0625 e. The summed E-state index contributed by atoms with van der Waals surface area (Å²) in [6.07, 6.45) is 0. The van der Waals surface area contributed by atoms with Gasteiger partial charge >= 0.3 is 0 Å². The predicted octanol–water partition coefficient (Wildman–Crippen LogP) is 1.92. The number of hydrogen-bond acceptors (Lipinski definition) is 0. The molecule has 0 unspecified atom stereocenters. The van der Waals surface area contributed by atoms with Crippen molar-refractivity contribution in [3.05, 3.63) is 78.9 Å². The Bertz CT molecular complexity index is 686. The van der Waals surface area contributed by atoms with Crippen LogP contribution in [0, 0.1) is 0 Å². The Morgan fingerprint density at radius 1 is 0.474 bits per heavy atom. The summed E-state index contributed by atoms with van der Waals surface area (Å²) in [6.45, 7) is 0. The molecule has 0 spiro atoms. The lowest BCUT2D eigenvalue weighted by atomic mass is 10.1. The average molecular weight is 258 g/mol. The van der Waals surface area contributed by atoms with E-state index in [1.165, 1.54) is 16.3 Å². The molecule has 0 aromatic heterocycles. The van der Waals surface area contributed by atoms with Gasteiger partial charge in [-0.3, -0.25) is 0 Å². The Morgan fingerprint density at radius 3 is 1.53 bits per heavy atom. The molecule has 19 heavy (non-hydrogen) atoms. The SMILES string of the molecule is c1ccc([SiH]2c3ccccc3-c3ccccc32)cc1. The quantitative estimate of drug-likeness (QED) is 0.458. The lowest BCUT2D eigenvalue weighted by molar-refractivity contribution is 1.71. The van der Waals surface area contributed by atoms with E-state index in [0.717, 1.165) is 0 Å². The van der Waals surface area contributed by atoms with E-state index in [1.54, 1.807) is 10.4 Å². The van der Waals surface area contributed by atoms with Crippen molar-refractivity contribution < 1.29 is 0 Å². The fraction of sp³-hybridized carbons (Fsp3) is 0. The third-order valence-electron chi connectivity index (χ3n) is 3.97. The molecular weight excluding hydrogens is 244 g/mol. The molecule has 0 fully saturated rings. The zero-order valence-corrected chi connectivity index (χ0v) is 11.7. The highest BCUT2D eigenvalue weighted by molar-refractivity contribution is 6.99. The third kappa shape index (κ3) is 1.59. The Hall–Kier alpha value is -2.12. The van der Waals surface area contributed by atoms with E-state index in [-0.39, 0.29) is 0 Å². The van der Waals surface area contributed by atoms with E-state index in [2.05, 4.69) is 78.9 Å². The monoisotopic (exact) mass is 258 g/mol. The summed E-state index contributed by atoms with van der Waals surface area (Å²) in [5, 5.41) is 4.64. The van der Waals surface area contributed by atoms with E-state index in [4.69, 9.17) is 0 Å². The minimum atomic E-state index is -1.23. The first-order valence-corrected chi connectivity index (χ1v) is 8.41. The Balaban J connectivity index is 2.02. The van der Waals surface area contributed by atoms with Gasteiger partial charge < -0.3 is 0 Å². The molecule has 0 atom stereocenters. The molecule has 0 aliphatic carbocycles. The summed E-state index contributed by atoms with van der Waals surface area (Å²) in [7, 11) is -1.23. The van der Waals surface area contributed by atoms with Crippen molar-refractivity contribution in [1.29, 1.82) is 0 Å². The second-order valence-electron chi connectivity index (χ2n) is 5.02. The molecule has 1 heteroatoms. The first kappa shape index (κ1) is 10.8. The fourth-order valence-electron chi connectivity index (χ4n) is 3.16. The van der Waals surface area contributed by atoms with Crippen LogP contribution >= 0.6 is 0 Å². The molecule has 0 bridgehead atoms. The second-order valence-corrected chi connectivity index (χ2v) is 7.79. The van der Waals surface area contributed by atoms with Gasteiger partial charge in [0.15, 0.2) is 0 Å². The standard InChI is InChI=1S/C18H14Si/c1-2-8-14(9-3-1)19-17-12-6-4-10-15(17)16-11-5-7-13-18(16)19/h1-13,19H. The molecule has 0 radical (unpaired) electrons. The summed E-state index contributed by atoms with van der Waals surface area (Å²) in [5.41, 5.74) is 2.89. The van der Waals surface area contributed by atoms with Crippen LogP contribution in [0.4, 0.5) is 0 Å². The van der Waals surface area contributed by atoms with E-state index in [1.807, 2.05) is 0 Å². The number of rotatable bonds is 1. The van der Waals surface area contributed by atoms with Crippen molar-refractivity contribution in [2.75, 3.05) is 0 Å². The van der Waals surface area contributed by atoms with Gasteiger partial charge in [0.1, 0.15) is 8.80 Å². The first-order valence-electron chi connectivity index (χ1n) is 6.68. The Labute approximate surface area is 115 Å². The predicted molar refractivity (Wildman–Crippen MR) is 84.4 cm³/mol. The molecule has 1 aliphatic rings. The minimum absolute atomic E-state index is 1.23. The van der Waals surface area contributed by atoms with Crippen molar-refractivity contribution in [1.82, 2.24) is 0 Å². The van der Waals surface area contributed by atoms with E-state index in [0.29, 0.717) is 0 Å². The van der Waals surface area contributed by atoms with Gasteiger partial charge in [0.2, 0.25) is 0 Å². The molecule has 0 N–H and O–H groups in total. The normalized spacial score (nSPS) is 13.1. The molecule has 0 saturated heterocycles. The lowest BCUT2D eigenvalue weighted by Crippen LogP contribution is -2.48. The van der Waals surface area contributed by atoms with Crippen LogP contribution < -0.4 is 15.6 Å². The van der Waals surface area contributed by atoms with Gasteiger partial charge in [-0.05, 0) is 21.5 Å². The third-order valence-corrected chi connectivity index (χ3v) is 7.27. The van der Waals surface area contributed by atoms with Gasteiger partial charge in [-0.25, -0.2) is 0 Å². The molecular formula is C18H14Si. The summed E-state index contributed by atoms with van der Waals surface area (Å²) in [5.74, 6) is 0. The van der Waals surface area contributed by atoms with Crippen LogP contribution in [-0.2, 0) is 0 Å². The molecule has 4 rings (SSSR count). The van der Waals surface area contributed by atoms with Crippen molar-refractivity contribution in [2.45, 2.75) is 0 Å². The second kappa shape index (κ2) is 4.21. The zero-order chi connectivity index (χ0) is 12.7. The maximum absolute atomic E-state index is 2.32. The highest BCUT2D eigenvalue weighted by Gasteiger charge is 2.30. The molecule has 0 nitrogen and oxygen atoms in total. The molecule has 0 saturated carbocycles. The fourth-order valence-corrected chi connectivity index (χ4v) is 6.55. The van der Waals surface area contributed by atoms with Gasteiger partial charge in [0, 0.05) is 0 Å². The Morgan fingerprint density at radius 2 is 0.947 bits per heavy atom. The van der Waals surface area contributed by atoms with Crippen LogP contribution in [0.1, 0.15) is 0 Å². The summed E-state index contributed by atoms with van der Waals surface area (Å²) < 4.78 is 0. The highest BCUT2D eigenvalue weighted by atomic mass is 28.3. The molecule has 0 amide bonds. The molecule has 90 valence electrons. The van der Waals surface area contributed by atoms with Gasteiger partial charge in [0.05, 0.1) is 0 Å². The van der Waals surface area contributed by atoms with Gasteiger partial charge in [-0.2, -0.15) is 0 Å². The van der Waals surface area contributed by atoms with Crippen LogP contribution in [0.3, 0.4) is 0 Å². The number of hydrogen-bond donors (Lipinski definition) is 0. The first-order chi connectivity index (χ1) is 9.45. The topological polar surface area (TPSA) is 0 Å². The lowest BCUT2D eigenvalue weighted by Gasteiger charge is -2.11. The van der Waals surface area contributed by atoms with E-state index in [9.17, 15) is 0 Å². The summed E-state index contributed by atoms with van der Waals surface area (Å²) >= 11 is 0. The van der Waals surface area contributed by atoms with Gasteiger partial charge in [-0.1, -0.05) is 84.0 Å². The van der Waals surface area contributed by atoms with Crippen molar-refractivity contribution in [3.8, 4) is 11.1 Å². The van der Waals surface area contributed by atoms with Crippen LogP contribution in [0.25, 0.3) is 11.1 Å². The Kier molecular flexibility index (Phi) is 2.39. The molecule has 3 aromatic rings. The average Bonchev–Trinajstić information content (AvgIpc) is 2.83. The summed E-state index contributed by atoms with van der Waals surface area (Å²) in [4.78, 5) is 0. The smallest absolute Gasteiger partial charge is 0.0625 e. The number of fused-ring (bicyclic) bond motifs is 3. The molecule has 1 aliphatic heterocycles. The van der Waals surface area contributed by atoms with Crippen LogP contribution in [-0.4, -0.2) is 8.80 Å². The van der Waals surface area contributed by atoms with Crippen molar-refractivity contribution in [2.24, 2.45) is 0 Å². The zero-order valence-electron chi connectivity index (χ0n) is 10.6. The molecule has 3 aromatic carbocycles. The summed E-state index contributed by atoms with van der Waals surface area (Å²) in [6, 6.07) is 28.8. The van der Waals surface area contributed by atoms with Crippen molar-refractivity contribution >= 4 is 24.4 Å².